The normalized spacial score (nSPS) is 10.6. The topological polar surface area (TPSA) is 83.6 Å². The van der Waals surface area contributed by atoms with Crippen LogP contribution >= 0.6 is 0 Å². The summed E-state index contributed by atoms with van der Waals surface area (Å²) >= 11 is 0. The number of aliphatic carboxylic acids is 1. The third-order valence-electron chi connectivity index (χ3n) is 2.07. The second-order valence-corrected chi connectivity index (χ2v) is 3.78. The van der Waals surface area contributed by atoms with E-state index in [-0.39, 0.29) is 18.7 Å². The van der Waals surface area contributed by atoms with Gasteiger partial charge in [-0.15, -0.1) is 0 Å². The molecule has 98 valence electrons. The second kappa shape index (κ2) is 6.06. The number of benzene rings is 1. The van der Waals surface area contributed by atoms with Crippen LogP contribution in [0.25, 0.3) is 0 Å². The van der Waals surface area contributed by atoms with E-state index in [1.54, 1.807) is 0 Å². The SMILES string of the molecule is NC(=O)CN(CC(=O)O)Cc1cc(F)cc(F)c1. The molecule has 1 amide bonds. The fourth-order valence-electron chi connectivity index (χ4n) is 1.54. The van der Waals surface area contributed by atoms with Crippen LogP contribution in [-0.4, -0.2) is 35.0 Å². The minimum Gasteiger partial charge on any atom is -0.480 e. The maximum absolute atomic E-state index is 12.9. The number of halogens is 2. The number of carboxylic acids is 1. The molecular weight excluding hydrogens is 246 g/mol. The summed E-state index contributed by atoms with van der Waals surface area (Å²) in [6.07, 6.45) is 0. The first kappa shape index (κ1) is 14.0. The summed E-state index contributed by atoms with van der Waals surface area (Å²) in [6, 6.07) is 2.84. The van der Waals surface area contributed by atoms with Crippen LogP contribution in [0, 0.1) is 11.6 Å². The standard InChI is InChI=1S/C11H12F2N2O3/c12-8-1-7(2-9(13)3-8)4-15(5-10(14)16)6-11(17)18/h1-3H,4-6H2,(H2,14,16)(H,17,18). The van der Waals surface area contributed by atoms with Gasteiger partial charge in [-0.05, 0) is 17.7 Å². The van der Waals surface area contributed by atoms with Crippen molar-refractivity contribution in [1.82, 2.24) is 4.90 Å². The zero-order valence-corrected chi connectivity index (χ0v) is 9.40. The number of amides is 1. The highest BCUT2D eigenvalue weighted by Crippen LogP contribution is 2.10. The van der Waals surface area contributed by atoms with Crippen molar-refractivity contribution in [2.45, 2.75) is 6.54 Å². The Morgan fingerprint density at radius 2 is 1.72 bits per heavy atom. The Morgan fingerprint density at radius 1 is 1.17 bits per heavy atom. The Morgan fingerprint density at radius 3 is 2.17 bits per heavy atom. The van der Waals surface area contributed by atoms with Crippen molar-refractivity contribution in [3.05, 3.63) is 35.4 Å². The maximum Gasteiger partial charge on any atom is 0.317 e. The van der Waals surface area contributed by atoms with E-state index in [1.165, 1.54) is 4.90 Å². The van der Waals surface area contributed by atoms with Crippen LogP contribution in [0.2, 0.25) is 0 Å². The van der Waals surface area contributed by atoms with Crippen LogP contribution in [0.4, 0.5) is 8.78 Å². The molecule has 5 nitrogen and oxygen atoms in total. The molecule has 1 aromatic carbocycles. The van der Waals surface area contributed by atoms with Crippen LogP contribution < -0.4 is 5.73 Å². The molecule has 0 saturated carbocycles. The Balaban J connectivity index is 2.80. The van der Waals surface area contributed by atoms with Gasteiger partial charge in [0.2, 0.25) is 5.91 Å². The maximum atomic E-state index is 12.9. The number of carbonyl (C=O) groups is 2. The van der Waals surface area contributed by atoms with Crippen molar-refractivity contribution in [2.75, 3.05) is 13.1 Å². The van der Waals surface area contributed by atoms with Crippen molar-refractivity contribution in [3.8, 4) is 0 Å². The third kappa shape index (κ3) is 4.88. The van der Waals surface area contributed by atoms with Gasteiger partial charge in [-0.25, -0.2) is 8.78 Å². The van der Waals surface area contributed by atoms with Crippen LogP contribution in [0.3, 0.4) is 0 Å². The van der Waals surface area contributed by atoms with Crippen molar-refractivity contribution < 1.29 is 23.5 Å². The number of nitrogens with two attached hydrogens (primary N) is 1. The predicted molar refractivity (Wildman–Crippen MR) is 58.5 cm³/mol. The molecule has 0 heterocycles. The molecule has 3 N–H and O–H groups in total. The van der Waals surface area contributed by atoms with Gasteiger partial charge in [-0.3, -0.25) is 14.5 Å². The molecule has 0 atom stereocenters. The van der Waals surface area contributed by atoms with Gasteiger partial charge in [0.15, 0.2) is 0 Å². The molecule has 0 bridgehead atoms. The minimum absolute atomic E-state index is 0.0794. The number of carbonyl (C=O) groups excluding carboxylic acids is 1. The van der Waals surface area contributed by atoms with E-state index < -0.39 is 30.1 Å². The first-order valence-corrected chi connectivity index (χ1v) is 5.04. The van der Waals surface area contributed by atoms with Crippen LogP contribution in [0.15, 0.2) is 18.2 Å². The fraction of sp³-hybridized carbons (Fsp3) is 0.273. The van der Waals surface area contributed by atoms with E-state index in [2.05, 4.69) is 0 Å². The van der Waals surface area contributed by atoms with E-state index >= 15 is 0 Å². The van der Waals surface area contributed by atoms with Crippen molar-refractivity contribution in [3.63, 3.8) is 0 Å². The summed E-state index contributed by atoms with van der Waals surface area (Å²) in [5.74, 6) is -3.40. The molecule has 0 saturated heterocycles. The Bertz CT molecular complexity index is 429. The third-order valence-corrected chi connectivity index (χ3v) is 2.07. The van der Waals surface area contributed by atoms with Gasteiger partial charge in [0, 0.05) is 12.6 Å². The molecule has 0 aliphatic heterocycles. The number of hydrogen-bond acceptors (Lipinski definition) is 3. The van der Waals surface area contributed by atoms with E-state index in [9.17, 15) is 18.4 Å². The summed E-state index contributed by atoms with van der Waals surface area (Å²) in [6.45, 7) is -0.824. The van der Waals surface area contributed by atoms with Crippen molar-refractivity contribution in [1.29, 1.82) is 0 Å². The van der Waals surface area contributed by atoms with Crippen LogP contribution in [0.1, 0.15) is 5.56 Å². The zero-order valence-electron chi connectivity index (χ0n) is 9.40. The first-order chi connectivity index (χ1) is 8.36. The molecule has 18 heavy (non-hydrogen) atoms. The lowest BCUT2D eigenvalue weighted by Crippen LogP contribution is -2.36. The Labute approximate surface area is 102 Å². The molecule has 0 radical (unpaired) electrons. The molecule has 0 aromatic heterocycles. The van der Waals surface area contributed by atoms with E-state index in [0.29, 0.717) is 6.07 Å². The smallest absolute Gasteiger partial charge is 0.317 e. The lowest BCUT2D eigenvalue weighted by atomic mass is 10.2. The average molecular weight is 258 g/mol. The number of rotatable bonds is 6. The fourth-order valence-corrected chi connectivity index (χ4v) is 1.54. The molecule has 1 rings (SSSR count). The van der Waals surface area contributed by atoms with Crippen LogP contribution in [0.5, 0.6) is 0 Å². The largest absolute Gasteiger partial charge is 0.480 e. The number of carboxylic acid groups (broad SMARTS) is 1. The Hall–Kier alpha value is -2.02. The molecule has 0 aliphatic carbocycles. The average Bonchev–Trinajstić information content (AvgIpc) is 2.12. The van der Waals surface area contributed by atoms with Gasteiger partial charge in [0.25, 0.3) is 0 Å². The summed E-state index contributed by atoms with van der Waals surface area (Å²) in [7, 11) is 0. The van der Waals surface area contributed by atoms with Gasteiger partial charge in [0.1, 0.15) is 11.6 Å². The van der Waals surface area contributed by atoms with Gasteiger partial charge in [-0.2, -0.15) is 0 Å². The van der Waals surface area contributed by atoms with Gasteiger partial charge < -0.3 is 10.8 Å². The molecule has 0 unspecified atom stereocenters. The molecule has 0 spiro atoms. The zero-order chi connectivity index (χ0) is 13.7. The van der Waals surface area contributed by atoms with Crippen molar-refractivity contribution in [2.24, 2.45) is 5.73 Å². The molecular formula is C11H12F2N2O3. The molecule has 0 aliphatic rings. The highest BCUT2D eigenvalue weighted by Gasteiger charge is 2.13. The highest BCUT2D eigenvalue weighted by molar-refractivity contribution is 5.77. The Kier molecular flexibility index (Phi) is 4.73. The summed E-state index contributed by atoms with van der Waals surface area (Å²) in [5.41, 5.74) is 5.19. The number of nitrogens with zero attached hydrogens (tertiary/aromatic N) is 1. The first-order valence-electron chi connectivity index (χ1n) is 5.04. The molecule has 1 aromatic rings. The van der Waals surface area contributed by atoms with Crippen molar-refractivity contribution >= 4 is 11.9 Å². The number of hydrogen-bond donors (Lipinski definition) is 2. The van der Waals surface area contributed by atoms with Crippen LogP contribution in [-0.2, 0) is 16.1 Å². The minimum atomic E-state index is -1.16. The molecule has 7 heteroatoms. The predicted octanol–water partition coefficient (Wildman–Crippen LogP) is 0.337. The summed E-state index contributed by atoms with van der Waals surface area (Å²) in [5, 5.41) is 8.64. The number of primary amides is 1. The lowest BCUT2D eigenvalue weighted by molar-refractivity contribution is -0.138. The van der Waals surface area contributed by atoms with E-state index in [1.807, 2.05) is 0 Å². The van der Waals surface area contributed by atoms with E-state index in [0.717, 1.165) is 12.1 Å². The monoisotopic (exact) mass is 258 g/mol. The highest BCUT2D eigenvalue weighted by atomic mass is 19.1. The lowest BCUT2D eigenvalue weighted by Gasteiger charge is -2.18. The van der Waals surface area contributed by atoms with Gasteiger partial charge in [-0.1, -0.05) is 0 Å². The summed E-state index contributed by atoms with van der Waals surface area (Å²) in [4.78, 5) is 22.5. The van der Waals surface area contributed by atoms with Gasteiger partial charge >= 0.3 is 5.97 Å². The van der Waals surface area contributed by atoms with Gasteiger partial charge in [0.05, 0.1) is 13.1 Å². The molecule has 0 fully saturated rings. The summed E-state index contributed by atoms with van der Waals surface area (Å²) < 4.78 is 25.9. The quantitative estimate of drug-likeness (QED) is 0.770. The second-order valence-electron chi connectivity index (χ2n) is 3.78. The van der Waals surface area contributed by atoms with E-state index in [4.69, 9.17) is 10.8 Å².